The molecule has 128 valence electrons. The molecule has 0 radical (unpaired) electrons. The highest BCUT2D eigenvalue weighted by atomic mass is 16.5. The van der Waals surface area contributed by atoms with Crippen LogP contribution in [-0.2, 0) is 17.6 Å². The van der Waals surface area contributed by atoms with Crippen LogP contribution in [0.1, 0.15) is 29.5 Å². The molecule has 24 heavy (non-hydrogen) atoms. The molecule has 1 atom stereocenters. The number of benzene rings is 2. The lowest BCUT2D eigenvalue weighted by atomic mass is 9.90. The molecule has 0 aliphatic rings. The summed E-state index contributed by atoms with van der Waals surface area (Å²) in [4.78, 5) is 13.8. The highest BCUT2D eigenvalue weighted by Gasteiger charge is 2.21. The van der Waals surface area contributed by atoms with Gasteiger partial charge in [0.2, 0.25) is 0 Å². The smallest absolute Gasteiger partial charge is 0.311 e. The quantitative estimate of drug-likeness (QED) is 0.842. The number of carboxylic acid groups (broad SMARTS) is 1. The average molecular weight is 327 g/mol. The first kappa shape index (κ1) is 17.9. The minimum absolute atomic E-state index is 0.462. The van der Waals surface area contributed by atoms with Crippen molar-refractivity contribution in [2.45, 2.75) is 25.7 Å². The van der Waals surface area contributed by atoms with Crippen LogP contribution in [0.4, 0.5) is 5.69 Å². The third-order valence-electron chi connectivity index (χ3n) is 4.25. The molecule has 1 unspecified atom stereocenters. The van der Waals surface area contributed by atoms with Crippen molar-refractivity contribution < 1.29 is 14.6 Å². The van der Waals surface area contributed by atoms with Gasteiger partial charge in [0.15, 0.2) is 0 Å². The highest BCUT2D eigenvalue weighted by Crippen LogP contribution is 2.27. The molecule has 2 aromatic carbocycles. The first-order valence-corrected chi connectivity index (χ1v) is 8.12. The zero-order valence-corrected chi connectivity index (χ0v) is 14.7. The summed E-state index contributed by atoms with van der Waals surface area (Å²) in [6.07, 6.45) is 1.31. The number of nitrogens with zero attached hydrogens (tertiary/aromatic N) is 1. The zero-order valence-electron chi connectivity index (χ0n) is 14.7. The Morgan fingerprint density at radius 2 is 1.96 bits per heavy atom. The monoisotopic (exact) mass is 327 g/mol. The molecule has 4 heteroatoms. The maximum atomic E-state index is 11.8. The van der Waals surface area contributed by atoms with Gasteiger partial charge in [-0.25, -0.2) is 0 Å². The van der Waals surface area contributed by atoms with Crippen molar-refractivity contribution in [3.8, 4) is 5.75 Å². The van der Waals surface area contributed by atoms with Gasteiger partial charge in [-0.3, -0.25) is 4.79 Å². The van der Waals surface area contributed by atoms with Crippen LogP contribution in [0.2, 0.25) is 0 Å². The fourth-order valence-electron chi connectivity index (χ4n) is 2.84. The standard InChI is InChI=1S/C20H25NO3/c1-5-15-11-14(9-10-19(15)24-4)12-18(20(22)23)16-7-6-8-17(13-16)21(2)3/h6-11,13,18H,5,12H2,1-4H3,(H,22,23). The topological polar surface area (TPSA) is 49.8 Å². The van der Waals surface area contributed by atoms with E-state index in [4.69, 9.17) is 4.74 Å². The van der Waals surface area contributed by atoms with Gasteiger partial charge in [0.1, 0.15) is 5.75 Å². The van der Waals surface area contributed by atoms with Crippen molar-refractivity contribution in [2.75, 3.05) is 26.1 Å². The minimum atomic E-state index is -0.806. The van der Waals surface area contributed by atoms with Gasteiger partial charge in [0.05, 0.1) is 13.0 Å². The number of methoxy groups -OCH3 is 1. The average Bonchev–Trinajstić information content (AvgIpc) is 2.59. The lowest BCUT2D eigenvalue weighted by molar-refractivity contribution is -0.138. The first-order chi connectivity index (χ1) is 11.5. The third-order valence-corrected chi connectivity index (χ3v) is 4.25. The molecule has 0 amide bonds. The SMILES string of the molecule is CCc1cc(CC(C(=O)O)c2cccc(N(C)C)c2)ccc1OC. The molecule has 0 aromatic heterocycles. The van der Waals surface area contributed by atoms with Crippen molar-refractivity contribution in [1.29, 1.82) is 0 Å². The van der Waals surface area contributed by atoms with Crippen LogP contribution >= 0.6 is 0 Å². The van der Waals surface area contributed by atoms with Gasteiger partial charge in [-0.05, 0) is 47.7 Å². The number of ether oxygens (including phenoxy) is 1. The lowest BCUT2D eigenvalue weighted by Gasteiger charge is -2.18. The van der Waals surface area contributed by atoms with Gasteiger partial charge < -0.3 is 14.7 Å². The number of carbonyl (C=O) groups is 1. The Morgan fingerprint density at radius 1 is 1.21 bits per heavy atom. The van der Waals surface area contributed by atoms with Gasteiger partial charge in [-0.2, -0.15) is 0 Å². The normalized spacial score (nSPS) is 11.8. The highest BCUT2D eigenvalue weighted by molar-refractivity contribution is 5.77. The zero-order chi connectivity index (χ0) is 17.7. The number of aliphatic carboxylic acids is 1. The van der Waals surface area contributed by atoms with Crippen LogP contribution in [0.5, 0.6) is 5.75 Å². The molecule has 2 aromatic rings. The fraction of sp³-hybridized carbons (Fsp3) is 0.350. The van der Waals surface area contributed by atoms with Crippen LogP contribution in [0.15, 0.2) is 42.5 Å². The lowest BCUT2D eigenvalue weighted by Crippen LogP contribution is -2.16. The summed E-state index contributed by atoms with van der Waals surface area (Å²) in [6, 6.07) is 13.6. The van der Waals surface area contributed by atoms with E-state index in [1.165, 1.54) is 0 Å². The van der Waals surface area contributed by atoms with Gasteiger partial charge in [0, 0.05) is 19.8 Å². The van der Waals surface area contributed by atoms with Crippen LogP contribution in [0.3, 0.4) is 0 Å². The number of hydrogen-bond donors (Lipinski definition) is 1. The van der Waals surface area contributed by atoms with Crippen molar-refractivity contribution in [1.82, 2.24) is 0 Å². The molecule has 0 fully saturated rings. The first-order valence-electron chi connectivity index (χ1n) is 8.12. The second kappa shape index (κ2) is 7.86. The number of hydrogen-bond acceptors (Lipinski definition) is 3. The number of anilines is 1. The molecule has 2 rings (SSSR count). The molecule has 0 aliphatic carbocycles. The van der Waals surface area contributed by atoms with E-state index >= 15 is 0 Å². The second-order valence-corrected chi connectivity index (χ2v) is 6.08. The number of aryl methyl sites for hydroxylation is 1. The van der Waals surface area contributed by atoms with Crippen molar-refractivity contribution in [3.63, 3.8) is 0 Å². The summed E-state index contributed by atoms with van der Waals surface area (Å²) in [7, 11) is 5.55. The molecule has 0 saturated carbocycles. The summed E-state index contributed by atoms with van der Waals surface area (Å²) < 4.78 is 5.35. The van der Waals surface area contributed by atoms with E-state index in [9.17, 15) is 9.90 Å². The van der Waals surface area contributed by atoms with Crippen molar-refractivity contribution >= 4 is 11.7 Å². The Kier molecular flexibility index (Phi) is 5.85. The summed E-state index contributed by atoms with van der Waals surface area (Å²) >= 11 is 0. The van der Waals surface area contributed by atoms with Gasteiger partial charge in [0.25, 0.3) is 0 Å². The molecular formula is C20H25NO3. The largest absolute Gasteiger partial charge is 0.496 e. The molecule has 0 spiro atoms. The fourth-order valence-corrected chi connectivity index (χ4v) is 2.84. The maximum absolute atomic E-state index is 11.8. The van der Waals surface area contributed by atoms with E-state index in [1.807, 2.05) is 61.5 Å². The molecule has 0 bridgehead atoms. The third kappa shape index (κ3) is 4.07. The second-order valence-electron chi connectivity index (χ2n) is 6.08. The van der Waals surface area contributed by atoms with E-state index < -0.39 is 11.9 Å². The van der Waals surface area contributed by atoms with E-state index in [-0.39, 0.29) is 0 Å². The van der Waals surface area contributed by atoms with Crippen molar-refractivity contribution in [2.24, 2.45) is 0 Å². The van der Waals surface area contributed by atoms with E-state index in [0.29, 0.717) is 6.42 Å². The summed E-state index contributed by atoms with van der Waals surface area (Å²) in [5.41, 5.74) is 3.93. The van der Waals surface area contributed by atoms with Crippen LogP contribution < -0.4 is 9.64 Å². The number of rotatable bonds is 7. The van der Waals surface area contributed by atoms with Gasteiger partial charge in [-0.1, -0.05) is 31.2 Å². The molecule has 4 nitrogen and oxygen atoms in total. The van der Waals surface area contributed by atoms with Crippen LogP contribution in [0.25, 0.3) is 0 Å². The Hall–Kier alpha value is -2.49. The molecule has 0 heterocycles. The summed E-state index contributed by atoms with van der Waals surface area (Å²) in [5.74, 6) is -0.523. The van der Waals surface area contributed by atoms with Crippen molar-refractivity contribution in [3.05, 3.63) is 59.2 Å². The minimum Gasteiger partial charge on any atom is -0.496 e. The summed E-state index contributed by atoms with van der Waals surface area (Å²) in [5, 5.41) is 9.71. The molecule has 0 aliphatic heterocycles. The predicted molar refractivity (Wildman–Crippen MR) is 97.2 cm³/mol. The Bertz CT molecular complexity index is 710. The Balaban J connectivity index is 2.32. The molecule has 0 saturated heterocycles. The van der Waals surface area contributed by atoms with E-state index in [0.717, 1.165) is 34.5 Å². The van der Waals surface area contributed by atoms with Crippen LogP contribution in [-0.4, -0.2) is 32.3 Å². The Labute approximate surface area is 143 Å². The van der Waals surface area contributed by atoms with Gasteiger partial charge in [-0.15, -0.1) is 0 Å². The summed E-state index contributed by atoms with van der Waals surface area (Å²) in [6.45, 7) is 2.07. The van der Waals surface area contributed by atoms with Gasteiger partial charge >= 0.3 is 5.97 Å². The van der Waals surface area contributed by atoms with Crippen LogP contribution in [0, 0.1) is 0 Å². The van der Waals surface area contributed by atoms with E-state index in [2.05, 4.69) is 6.92 Å². The van der Waals surface area contributed by atoms with E-state index in [1.54, 1.807) is 7.11 Å². The predicted octanol–water partition coefficient (Wildman–Crippen LogP) is 3.73. The molecule has 1 N–H and O–H groups in total. The Morgan fingerprint density at radius 3 is 2.54 bits per heavy atom. The number of carboxylic acids is 1. The molecular weight excluding hydrogens is 302 g/mol. The maximum Gasteiger partial charge on any atom is 0.311 e.